The van der Waals surface area contributed by atoms with Crippen molar-refractivity contribution in [2.45, 2.75) is 39.5 Å². The van der Waals surface area contributed by atoms with Gasteiger partial charge in [0, 0.05) is 16.9 Å². The Morgan fingerprint density at radius 3 is 2.48 bits per heavy atom. The molecule has 0 radical (unpaired) electrons. The summed E-state index contributed by atoms with van der Waals surface area (Å²) in [7, 11) is 3.14. The molecule has 0 saturated heterocycles. The van der Waals surface area contributed by atoms with Crippen LogP contribution in [-0.2, 0) is 23.2 Å². The summed E-state index contributed by atoms with van der Waals surface area (Å²) in [5, 5.41) is 12.9. The zero-order chi connectivity index (χ0) is 24.3. The van der Waals surface area contributed by atoms with Crippen molar-refractivity contribution in [2.24, 2.45) is 7.05 Å². The van der Waals surface area contributed by atoms with E-state index in [1.807, 2.05) is 46.9 Å². The minimum atomic E-state index is -0.469. The van der Waals surface area contributed by atoms with E-state index in [9.17, 15) is 9.59 Å². The molecule has 1 N–H and O–H groups in total. The Morgan fingerprint density at radius 2 is 1.85 bits per heavy atom. The van der Waals surface area contributed by atoms with Crippen LogP contribution in [-0.4, -0.2) is 39.5 Å². The van der Waals surface area contributed by atoms with E-state index in [4.69, 9.17) is 21.1 Å². The second-order valence-electron chi connectivity index (χ2n) is 7.43. The van der Waals surface area contributed by atoms with Crippen molar-refractivity contribution in [3.05, 3.63) is 50.1 Å². The molecule has 33 heavy (non-hydrogen) atoms. The first-order chi connectivity index (χ1) is 15.6. The molecular weight excluding hydrogens is 484 g/mol. The van der Waals surface area contributed by atoms with E-state index in [1.54, 1.807) is 4.57 Å². The molecule has 0 spiro atoms. The van der Waals surface area contributed by atoms with Crippen LogP contribution in [0.1, 0.15) is 37.7 Å². The molecule has 0 atom stereocenters. The van der Waals surface area contributed by atoms with Crippen molar-refractivity contribution in [1.29, 1.82) is 0 Å². The fourth-order valence-electron chi connectivity index (χ4n) is 3.09. The SMILES string of the molecule is COC(=O)c1c(NC(=O)CSc2nnc(COc3cc(C)c(Cl)c(C)c3)n2C)sc(C)c1C. The number of aryl methyl sites for hydroxylation is 3. The third kappa shape index (κ3) is 5.69. The molecule has 2 aromatic heterocycles. The van der Waals surface area contributed by atoms with Gasteiger partial charge >= 0.3 is 5.97 Å². The monoisotopic (exact) mass is 508 g/mol. The number of ether oxygens (including phenoxy) is 2. The number of nitrogens with one attached hydrogen (secondary N) is 1. The Bertz CT molecular complexity index is 1180. The largest absolute Gasteiger partial charge is 0.486 e. The molecule has 3 aromatic rings. The number of carbonyl (C=O) groups excluding carboxylic acids is 2. The lowest BCUT2D eigenvalue weighted by Gasteiger charge is -2.10. The van der Waals surface area contributed by atoms with Crippen molar-refractivity contribution in [3.8, 4) is 5.75 Å². The number of methoxy groups -OCH3 is 1. The Labute approximate surface area is 205 Å². The molecule has 3 rings (SSSR count). The van der Waals surface area contributed by atoms with Crippen LogP contribution in [0.4, 0.5) is 5.00 Å². The number of anilines is 1. The summed E-state index contributed by atoms with van der Waals surface area (Å²) >= 11 is 8.80. The number of thiophene rings is 1. The van der Waals surface area contributed by atoms with Crippen molar-refractivity contribution in [1.82, 2.24) is 14.8 Å². The van der Waals surface area contributed by atoms with E-state index in [0.29, 0.717) is 27.3 Å². The first-order valence-electron chi connectivity index (χ1n) is 10.0. The second-order valence-corrected chi connectivity index (χ2v) is 9.98. The van der Waals surface area contributed by atoms with Crippen LogP contribution in [0.25, 0.3) is 0 Å². The first-order valence-corrected chi connectivity index (χ1v) is 12.2. The molecular formula is C22H25ClN4O4S2. The predicted molar refractivity (Wildman–Crippen MR) is 131 cm³/mol. The quantitative estimate of drug-likeness (QED) is 0.343. The maximum absolute atomic E-state index is 12.5. The highest BCUT2D eigenvalue weighted by Gasteiger charge is 2.22. The Morgan fingerprint density at radius 1 is 1.18 bits per heavy atom. The number of rotatable bonds is 8. The number of nitrogens with zero attached hydrogens (tertiary/aromatic N) is 3. The standard InChI is InChI=1S/C22H25ClN4O4S2/c1-11-7-15(8-12(2)19(11)23)31-9-16-25-26-22(27(16)5)32-10-17(28)24-20-18(21(29)30-6)13(3)14(4)33-20/h7-8H,9-10H2,1-6H3,(H,24,28). The van der Waals surface area contributed by atoms with Crippen LogP contribution in [0.5, 0.6) is 5.75 Å². The van der Waals surface area contributed by atoms with Crippen LogP contribution in [0.3, 0.4) is 0 Å². The van der Waals surface area contributed by atoms with Gasteiger partial charge in [0.25, 0.3) is 0 Å². The summed E-state index contributed by atoms with van der Waals surface area (Å²) in [6, 6.07) is 3.75. The van der Waals surface area contributed by atoms with Gasteiger partial charge in [0.05, 0.1) is 18.4 Å². The molecule has 2 heterocycles. The van der Waals surface area contributed by atoms with E-state index in [-0.39, 0.29) is 18.3 Å². The van der Waals surface area contributed by atoms with Crippen LogP contribution in [0.2, 0.25) is 5.02 Å². The third-order valence-electron chi connectivity index (χ3n) is 5.06. The highest BCUT2D eigenvalue weighted by Crippen LogP contribution is 2.33. The molecule has 0 unspecified atom stereocenters. The molecule has 8 nitrogen and oxygen atoms in total. The lowest BCUT2D eigenvalue weighted by molar-refractivity contribution is -0.113. The minimum absolute atomic E-state index is 0.110. The van der Waals surface area contributed by atoms with E-state index in [0.717, 1.165) is 26.6 Å². The van der Waals surface area contributed by atoms with Gasteiger partial charge in [0.1, 0.15) is 17.4 Å². The fraction of sp³-hybridized carbons (Fsp3) is 0.364. The number of aromatic nitrogens is 3. The number of thioether (sulfide) groups is 1. The number of esters is 1. The van der Waals surface area contributed by atoms with Crippen LogP contribution in [0, 0.1) is 27.7 Å². The van der Waals surface area contributed by atoms with Crippen LogP contribution in [0.15, 0.2) is 17.3 Å². The number of amides is 1. The molecule has 0 bridgehead atoms. The molecule has 0 fully saturated rings. The van der Waals surface area contributed by atoms with E-state index in [2.05, 4.69) is 15.5 Å². The Hall–Kier alpha value is -2.56. The Kier molecular flexibility index (Phi) is 8.04. The number of hydrogen-bond acceptors (Lipinski definition) is 8. The van der Waals surface area contributed by atoms with Gasteiger partial charge in [-0.3, -0.25) is 4.79 Å². The topological polar surface area (TPSA) is 95.3 Å². The molecule has 0 aliphatic carbocycles. The van der Waals surface area contributed by atoms with Gasteiger partial charge in [0.15, 0.2) is 11.0 Å². The highest BCUT2D eigenvalue weighted by atomic mass is 35.5. The molecule has 1 amide bonds. The molecule has 176 valence electrons. The van der Waals surface area contributed by atoms with Gasteiger partial charge in [-0.05, 0) is 56.5 Å². The van der Waals surface area contributed by atoms with Crippen molar-refractivity contribution >= 4 is 51.6 Å². The predicted octanol–water partition coefficient (Wildman–Crippen LogP) is 4.86. The first kappa shape index (κ1) is 25.1. The second kappa shape index (κ2) is 10.6. The summed E-state index contributed by atoms with van der Waals surface area (Å²) in [6.45, 7) is 7.81. The maximum Gasteiger partial charge on any atom is 0.341 e. The summed E-state index contributed by atoms with van der Waals surface area (Å²) in [4.78, 5) is 25.5. The number of halogens is 1. The summed E-state index contributed by atoms with van der Waals surface area (Å²) in [5.41, 5.74) is 3.08. The zero-order valence-corrected chi connectivity index (χ0v) is 21.6. The van der Waals surface area contributed by atoms with Gasteiger partial charge < -0.3 is 19.4 Å². The minimum Gasteiger partial charge on any atom is -0.486 e. The zero-order valence-electron chi connectivity index (χ0n) is 19.2. The molecule has 0 saturated carbocycles. The lowest BCUT2D eigenvalue weighted by atomic mass is 10.1. The van der Waals surface area contributed by atoms with Gasteiger partial charge in [-0.25, -0.2) is 4.79 Å². The van der Waals surface area contributed by atoms with E-state index in [1.165, 1.54) is 30.2 Å². The third-order valence-corrected chi connectivity index (χ3v) is 7.80. The van der Waals surface area contributed by atoms with Gasteiger partial charge in [-0.15, -0.1) is 21.5 Å². The van der Waals surface area contributed by atoms with Crippen LogP contribution < -0.4 is 10.1 Å². The van der Waals surface area contributed by atoms with E-state index >= 15 is 0 Å². The Balaban J connectivity index is 1.60. The van der Waals surface area contributed by atoms with Gasteiger partial charge in [-0.2, -0.15) is 0 Å². The van der Waals surface area contributed by atoms with Crippen molar-refractivity contribution in [3.63, 3.8) is 0 Å². The van der Waals surface area contributed by atoms with Gasteiger partial charge in [-0.1, -0.05) is 23.4 Å². The average molecular weight is 509 g/mol. The molecule has 1 aromatic carbocycles. The van der Waals surface area contributed by atoms with Gasteiger partial charge in [0.2, 0.25) is 5.91 Å². The maximum atomic E-state index is 12.5. The van der Waals surface area contributed by atoms with E-state index < -0.39 is 5.97 Å². The van der Waals surface area contributed by atoms with Crippen molar-refractivity contribution < 1.29 is 19.1 Å². The summed E-state index contributed by atoms with van der Waals surface area (Å²) in [6.07, 6.45) is 0. The average Bonchev–Trinajstić information content (AvgIpc) is 3.26. The summed E-state index contributed by atoms with van der Waals surface area (Å²) < 4.78 is 12.5. The van der Waals surface area contributed by atoms with Crippen molar-refractivity contribution in [2.75, 3.05) is 18.2 Å². The summed E-state index contributed by atoms with van der Waals surface area (Å²) in [5.74, 6) is 0.719. The lowest BCUT2D eigenvalue weighted by Crippen LogP contribution is -2.16. The molecule has 0 aliphatic heterocycles. The number of carbonyl (C=O) groups is 2. The normalized spacial score (nSPS) is 10.9. The number of benzene rings is 1. The highest BCUT2D eigenvalue weighted by molar-refractivity contribution is 7.99. The van der Waals surface area contributed by atoms with Crippen LogP contribution >= 0.6 is 34.7 Å². The molecule has 11 heteroatoms. The fourth-order valence-corrected chi connectivity index (χ4v) is 4.99. The molecule has 0 aliphatic rings. The number of hydrogen-bond donors (Lipinski definition) is 1. The smallest absolute Gasteiger partial charge is 0.341 e.